The van der Waals surface area contributed by atoms with E-state index in [1.54, 1.807) is 30.8 Å². The Balaban J connectivity index is 2.18. The van der Waals surface area contributed by atoms with Crippen LogP contribution in [0, 0.1) is 0 Å². The minimum absolute atomic E-state index is 0.145. The van der Waals surface area contributed by atoms with Crippen molar-refractivity contribution in [3.8, 4) is 11.4 Å². The lowest BCUT2D eigenvalue weighted by atomic mass is 10.2. The smallest absolute Gasteiger partial charge is 0.167 e. The summed E-state index contributed by atoms with van der Waals surface area (Å²) in [4.78, 5) is 15.2. The molecule has 0 amide bonds. The molecule has 0 aliphatic carbocycles. The Labute approximate surface area is 153 Å². The Bertz CT molecular complexity index is 932. The first kappa shape index (κ1) is 18.3. The summed E-state index contributed by atoms with van der Waals surface area (Å²) in [5.41, 5.74) is 12.7. The fourth-order valence-electron chi connectivity index (χ4n) is 2.71. The van der Waals surface area contributed by atoms with Crippen molar-refractivity contribution in [3.63, 3.8) is 0 Å². The fourth-order valence-corrected chi connectivity index (χ4v) is 3.26. The summed E-state index contributed by atoms with van der Waals surface area (Å²) < 4.78 is 21.9. The van der Waals surface area contributed by atoms with Crippen LogP contribution < -0.4 is 16.4 Å². The van der Waals surface area contributed by atoms with Gasteiger partial charge in [0.15, 0.2) is 11.6 Å². The molecule has 0 saturated carbocycles. The van der Waals surface area contributed by atoms with Gasteiger partial charge in [-0.2, -0.15) is 4.36 Å². The predicted molar refractivity (Wildman–Crippen MR) is 104 cm³/mol. The molecule has 3 heterocycles. The summed E-state index contributed by atoms with van der Waals surface area (Å²) in [7, 11) is -2.38. The molecule has 0 aromatic carbocycles. The molecular formula is C16H23N7O2S. The summed E-state index contributed by atoms with van der Waals surface area (Å²) in [6.45, 7) is 3.96. The largest absolute Gasteiger partial charge is 0.395 e. The minimum atomic E-state index is -2.38. The molecule has 2 aromatic heterocycles. The maximum atomic E-state index is 12.2. The number of nitrogens with two attached hydrogens (primary N) is 2. The molecule has 0 spiro atoms. The van der Waals surface area contributed by atoms with Gasteiger partial charge in [-0.05, 0) is 13.0 Å². The van der Waals surface area contributed by atoms with Gasteiger partial charge in [0.05, 0.1) is 24.9 Å². The zero-order valence-corrected chi connectivity index (χ0v) is 15.9. The Hall–Kier alpha value is -2.46. The lowest BCUT2D eigenvalue weighted by Gasteiger charge is -2.34. The van der Waals surface area contributed by atoms with Crippen LogP contribution in [0.25, 0.3) is 11.4 Å². The van der Waals surface area contributed by atoms with Crippen molar-refractivity contribution in [2.75, 3.05) is 48.6 Å². The molecule has 1 aliphatic rings. The number of aromatic nitrogens is 3. The topological polar surface area (TPSA) is 133 Å². The van der Waals surface area contributed by atoms with E-state index < -0.39 is 9.73 Å². The number of rotatable bonds is 3. The number of morpholine rings is 1. The van der Waals surface area contributed by atoms with E-state index in [4.69, 9.17) is 16.2 Å². The second-order valence-corrected chi connectivity index (χ2v) is 9.00. The van der Waals surface area contributed by atoms with Crippen LogP contribution >= 0.6 is 0 Å². The third kappa shape index (κ3) is 4.02. The van der Waals surface area contributed by atoms with Gasteiger partial charge in [-0.3, -0.25) is 0 Å². The van der Waals surface area contributed by atoms with Gasteiger partial charge in [-0.1, -0.05) is 0 Å². The molecule has 10 heteroatoms. The monoisotopic (exact) mass is 377 g/mol. The van der Waals surface area contributed by atoms with Crippen LogP contribution in [-0.2, 0) is 14.5 Å². The third-order valence-electron chi connectivity index (χ3n) is 3.94. The highest BCUT2D eigenvalue weighted by molar-refractivity contribution is 7.92. The van der Waals surface area contributed by atoms with Crippen LogP contribution in [-0.4, -0.2) is 57.5 Å². The normalized spacial score (nSPS) is 18.0. The van der Waals surface area contributed by atoms with Crippen LogP contribution in [0.5, 0.6) is 0 Å². The van der Waals surface area contributed by atoms with Gasteiger partial charge in [0.25, 0.3) is 0 Å². The number of hydrogen-bond acceptors (Lipinski definition) is 9. The van der Waals surface area contributed by atoms with Gasteiger partial charge in [-0.15, -0.1) is 0 Å². The number of ether oxygens (including phenoxy) is 1. The van der Waals surface area contributed by atoms with Crippen LogP contribution in [0.2, 0.25) is 0 Å². The van der Waals surface area contributed by atoms with Crippen molar-refractivity contribution in [2.45, 2.75) is 13.0 Å². The highest BCUT2D eigenvalue weighted by Crippen LogP contribution is 2.30. The van der Waals surface area contributed by atoms with E-state index in [1.807, 2.05) is 0 Å². The van der Waals surface area contributed by atoms with Crippen LogP contribution in [0.1, 0.15) is 6.92 Å². The standard InChI is InChI=1S/C16H23N7O2S/c1-10-9-25-7-6-23(10)13-8-12(22-26(2,3)24)20-16(21-13)11-4-5-19-15(18)14(11)17/h4-5,8,10H,6-7,9,17H2,1-3H3,(H2,18,19)/t10-/m1/s1. The molecule has 0 unspecified atom stereocenters. The van der Waals surface area contributed by atoms with Crippen molar-refractivity contribution in [1.82, 2.24) is 15.0 Å². The quantitative estimate of drug-likeness (QED) is 0.817. The second kappa shape index (κ2) is 7.04. The number of nitrogen functional groups attached to an aromatic ring is 2. The van der Waals surface area contributed by atoms with Crippen LogP contribution in [0.15, 0.2) is 22.7 Å². The summed E-state index contributed by atoms with van der Waals surface area (Å²) in [5, 5.41) is 0. The lowest BCUT2D eigenvalue weighted by Crippen LogP contribution is -2.44. The van der Waals surface area contributed by atoms with Crippen molar-refractivity contribution in [3.05, 3.63) is 18.3 Å². The van der Waals surface area contributed by atoms with Gasteiger partial charge in [0, 0.05) is 46.6 Å². The highest BCUT2D eigenvalue weighted by atomic mass is 32.2. The molecule has 3 rings (SSSR count). The minimum Gasteiger partial charge on any atom is -0.395 e. The molecule has 140 valence electrons. The Morgan fingerprint density at radius 1 is 1.35 bits per heavy atom. The molecule has 0 radical (unpaired) electrons. The second-order valence-electron chi connectivity index (χ2n) is 6.46. The maximum absolute atomic E-state index is 12.2. The van der Waals surface area contributed by atoms with Crippen LogP contribution in [0.4, 0.5) is 23.1 Å². The van der Waals surface area contributed by atoms with Gasteiger partial charge >= 0.3 is 0 Å². The van der Waals surface area contributed by atoms with E-state index in [-0.39, 0.29) is 11.9 Å². The molecule has 9 nitrogen and oxygen atoms in total. The molecule has 1 fully saturated rings. The molecular weight excluding hydrogens is 354 g/mol. The summed E-state index contributed by atoms with van der Waals surface area (Å²) in [6, 6.07) is 3.58. The fraction of sp³-hybridized carbons (Fsp3) is 0.438. The maximum Gasteiger partial charge on any atom is 0.167 e. The zero-order valence-electron chi connectivity index (χ0n) is 15.0. The third-order valence-corrected chi connectivity index (χ3v) is 4.56. The van der Waals surface area contributed by atoms with E-state index in [0.29, 0.717) is 48.5 Å². The van der Waals surface area contributed by atoms with Crippen LogP contribution in [0.3, 0.4) is 0 Å². The summed E-state index contributed by atoms with van der Waals surface area (Å²) in [6.07, 6.45) is 4.67. The number of pyridine rings is 1. The van der Waals surface area contributed by atoms with Crippen molar-refractivity contribution in [1.29, 1.82) is 0 Å². The van der Waals surface area contributed by atoms with E-state index >= 15 is 0 Å². The SMILES string of the molecule is C[C@@H]1COCCN1c1cc(N=S(C)(C)=O)nc(-c2ccnc(N)c2N)n1. The Morgan fingerprint density at radius 2 is 2.12 bits per heavy atom. The molecule has 26 heavy (non-hydrogen) atoms. The van der Waals surface area contributed by atoms with Crippen molar-refractivity contribution in [2.24, 2.45) is 4.36 Å². The van der Waals surface area contributed by atoms with Crippen molar-refractivity contribution < 1.29 is 8.95 Å². The van der Waals surface area contributed by atoms with Gasteiger partial charge < -0.3 is 21.1 Å². The molecule has 0 bridgehead atoms. The van der Waals surface area contributed by atoms with Gasteiger partial charge in [0.1, 0.15) is 11.6 Å². The zero-order chi connectivity index (χ0) is 18.9. The lowest BCUT2D eigenvalue weighted by molar-refractivity contribution is 0.0985. The highest BCUT2D eigenvalue weighted by Gasteiger charge is 2.22. The van der Waals surface area contributed by atoms with Crippen molar-refractivity contribution >= 4 is 32.9 Å². The van der Waals surface area contributed by atoms with E-state index in [1.165, 1.54) is 0 Å². The van der Waals surface area contributed by atoms with E-state index in [9.17, 15) is 4.21 Å². The molecule has 1 aliphatic heterocycles. The van der Waals surface area contributed by atoms with E-state index in [0.717, 1.165) is 0 Å². The number of nitrogens with zero attached hydrogens (tertiary/aromatic N) is 5. The summed E-state index contributed by atoms with van der Waals surface area (Å²) >= 11 is 0. The van der Waals surface area contributed by atoms with Gasteiger partial charge in [-0.25, -0.2) is 19.2 Å². The first-order valence-electron chi connectivity index (χ1n) is 8.15. The Kier molecular flexibility index (Phi) is 4.97. The Morgan fingerprint density at radius 3 is 2.81 bits per heavy atom. The van der Waals surface area contributed by atoms with Gasteiger partial charge in [0.2, 0.25) is 0 Å². The number of anilines is 3. The average Bonchev–Trinajstić information content (AvgIpc) is 2.56. The first-order valence-corrected chi connectivity index (χ1v) is 10.5. The van der Waals surface area contributed by atoms with E-state index in [2.05, 4.69) is 31.1 Å². The number of hydrogen-bond donors (Lipinski definition) is 2. The molecule has 1 atom stereocenters. The molecule has 4 N–H and O–H groups in total. The predicted octanol–water partition coefficient (Wildman–Crippen LogP) is 1.29. The first-order chi connectivity index (χ1) is 12.2. The molecule has 1 saturated heterocycles. The molecule has 2 aromatic rings. The average molecular weight is 377 g/mol. The summed E-state index contributed by atoms with van der Waals surface area (Å²) in [5.74, 6) is 1.61.